The van der Waals surface area contributed by atoms with Crippen molar-refractivity contribution in [1.29, 1.82) is 0 Å². The van der Waals surface area contributed by atoms with Crippen LogP contribution in [0.1, 0.15) is 11.3 Å². The molecule has 0 aliphatic rings. The lowest BCUT2D eigenvalue weighted by atomic mass is 10.2. The number of H-pyrrole nitrogens is 1. The van der Waals surface area contributed by atoms with E-state index in [0.29, 0.717) is 13.1 Å². The molecule has 0 saturated carbocycles. The second kappa shape index (κ2) is 5.56. The standard InChI is InChI=1S/C11H11N3O3S/c15-11-13-9(7-18-11)6-12-5-8-1-3-10(4-2-8)14(16)17/h1-4,7,12H,5-6H2,(H,13,15). The number of aromatic amines is 1. The third-order valence-electron chi connectivity index (χ3n) is 2.36. The zero-order chi connectivity index (χ0) is 13.0. The lowest BCUT2D eigenvalue weighted by molar-refractivity contribution is -0.384. The second-order valence-corrected chi connectivity index (χ2v) is 4.54. The number of rotatable bonds is 5. The van der Waals surface area contributed by atoms with Crippen LogP contribution in [0.5, 0.6) is 0 Å². The van der Waals surface area contributed by atoms with Crippen molar-refractivity contribution in [3.8, 4) is 0 Å². The quantitative estimate of drug-likeness (QED) is 0.635. The lowest BCUT2D eigenvalue weighted by Crippen LogP contribution is -2.13. The largest absolute Gasteiger partial charge is 0.315 e. The van der Waals surface area contributed by atoms with Gasteiger partial charge in [0, 0.05) is 36.3 Å². The van der Waals surface area contributed by atoms with E-state index >= 15 is 0 Å². The Hall–Kier alpha value is -1.99. The van der Waals surface area contributed by atoms with E-state index in [9.17, 15) is 14.9 Å². The molecular formula is C11H11N3O3S. The van der Waals surface area contributed by atoms with E-state index in [-0.39, 0.29) is 10.6 Å². The zero-order valence-corrected chi connectivity index (χ0v) is 10.2. The molecule has 1 aromatic heterocycles. The van der Waals surface area contributed by atoms with Gasteiger partial charge in [0.1, 0.15) is 0 Å². The monoisotopic (exact) mass is 265 g/mol. The van der Waals surface area contributed by atoms with Crippen molar-refractivity contribution >= 4 is 17.0 Å². The Balaban J connectivity index is 1.86. The average Bonchev–Trinajstić information content (AvgIpc) is 2.76. The van der Waals surface area contributed by atoms with Crippen LogP contribution in [0, 0.1) is 10.1 Å². The molecule has 0 radical (unpaired) electrons. The summed E-state index contributed by atoms with van der Waals surface area (Å²) in [6.45, 7) is 1.16. The number of nitro groups is 1. The van der Waals surface area contributed by atoms with Crippen LogP contribution in [0.2, 0.25) is 0 Å². The Kier molecular flexibility index (Phi) is 3.85. The van der Waals surface area contributed by atoms with Gasteiger partial charge in [0.05, 0.1) is 4.92 Å². The molecule has 2 N–H and O–H groups in total. The fourth-order valence-electron chi connectivity index (χ4n) is 1.48. The molecule has 0 aliphatic carbocycles. The molecule has 2 rings (SSSR count). The van der Waals surface area contributed by atoms with Crippen LogP contribution in [-0.2, 0) is 13.1 Å². The van der Waals surface area contributed by atoms with E-state index in [1.54, 1.807) is 17.5 Å². The SMILES string of the molecule is O=c1[nH]c(CNCc2ccc([N+](=O)[O-])cc2)cs1. The van der Waals surface area contributed by atoms with Crippen LogP contribution in [-0.4, -0.2) is 9.91 Å². The third kappa shape index (κ3) is 3.25. The third-order valence-corrected chi connectivity index (χ3v) is 3.08. The molecular weight excluding hydrogens is 254 g/mol. The zero-order valence-electron chi connectivity index (χ0n) is 9.38. The summed E-state index contributed by atoms with van der Waals surface area (Å²) in [5.74, 6) is 0. The van der Waals surface area contributed by atoms with Crippen LogP contribution in [0.4, 0.5) is 5.69 Å². The van der Waals surface area contributed by atoms with Crippen molar-refractivity contribution in [2.75, 3.05) is 0 Å². The number of hydrogen-bond acceptors (Lipinski definition) is 5. The van der Waals surface area contributed by atoms with Crippen molar-refractivity contribution in [3.63, 3.8) is 0 Å². The van der Waals surface area contributed by atoms with Crippen LogP contribution < -0.4 is 10.2 Å². The summed E-state index contributed by atoms with van der Waals surface area (Å²) in [6.07, 6.45) is 0. The molecule has 0 amide bonds. The highest BCUT2D eigenvalue weighted by Crippen LogP contribution is 2.11. The maximum Gasteiger partial charge on any atom is 0.304 e. The van der Waals surface area contributed by atoms with Crippen molar-refractivity contribution in [2.24, 2.45) is 0 Å². The number of nitrogens with one attached hydrogen (secondary N) is 2. The number of non-ortho nitro benzene ring substituents is 1. The highest BCUT2D eigenvalue weighted by Gasteiger charge is 2.03. The predicted molar refractivity (Wildman–Crippen MR) is 68.6 cm³/mol. The van der Waals surface area contributed by atoms with Crippen molar-refractivity contribution in [1.82, 2.24) is 10.3 Å². The molecule has 7 heteroatoms. The Bertz CT molecular complexity index is 588. The molecule has 0 aliphatic heterocycles. The van der Waals surface area contributed by atoms with E-state index in [0.717, 1.165) is 22.6 Å². The van der Waals surface area contributed by atoms with Gasteiger partial charge in [0.2, 0.25) is 0 Å². The molecule has 1 heterocycles. The van der Waals surface area contributed by atoms with Crippen LogP contribution in [0.15, 0.2) is 34.4 Å². The van der Waals surface area contributed by atoms with Gasteiger partial charge < -0.3 is 10.3 Å². The number of nitro benzene ring substituents is 1. The molecule has 0 unspecified atom stereocenters. The minimum Gasteiger partial charge on any atom is -0.315 e. The highest BCUT2D eigenvalue weighted by molar-refractivity contribution is 7.07. The number of hydrogen-bond donors (Lipinski definition) is 2. The van der Waals surface area contributed by atoms with E-state index in [1.807, 2.05) is 0 Å². The van der Waals surface area contributed by atoms with Crippen LogP contribution >= 0.6 is 11.3 Å². The lowest BCUT2D eigenvalue weighted by Gasteiger charge is -2.02. The minimum absolute atomic E-state index is 0.0675. The highest BCUT2D eigenvalue weighted by atomic mass is 32.1. The minimum atomic E-state index is -0.423. The molecule has 0 fully saturated rings. The normalized spacial score (nSPS) is 10.4. The summed E-state index contributed by atoms with van der Waals surface area (Å²) in [5.41, 5.74) is 1.88. The molecule has 1 aromatic carbocycles. The molecule has 0 spiro atoms. The first-order valence-corrected chi connectivity index (χ1v) is 6.14. The van der Waals surface area contributed by atoms with Gasteiger partial charge in [-0.25, -0.2) is 0 Å². The van der Waals surface area contributed by atoms with Gasteiger partial charge in [-0.05, 0) is 5.56 Å². The van der Waals surface area contributed by atoms with Gasteiger partial charge in [0.15, 0.2) is 0 Å². The maximum atomic E-state index is 10.9. The first kappa shape index (κ1) is 12.5. The summed E-state index contributed by atoms with van der Waals surface area (Å²) >= 11 is 1.13. The second-order valence-electron chi connectivity index (χ2n) is 3.70. The Morgan fingerprint density at radius 2 is 2.00 bits per heavy atom. The van der Waals surface area contributed by atoms with Gasteiger partial charge in [-0.3, -0.25) is 14.9 Å². The first-order valence-electron chi connectivity index (χ1n) is 5.26. The molecule has 6 nitrogen and oxygen atoms in total. The smallest absolute Gasteiger partial charge is 0.304 e. The molecule has 0 bridgehead atoms. The number of benzene rings is 1. The van der Waals surface area contributed by atoms with Crippen LogP contribution in [0.25, 0.3) is 0 Å². The van der Waals surface area contributed by atoms with E-state index in [4.69, 9.17) is 0 Å². The fraction of sp³-hybridized carbons (Fsp3) is 0.182. The molecule has 0 atom stereocenters. The Morgan fingerprint density at radius 1 is 1.28 bits per heavy atom. The maximum absolute atomic E-state index is 10.9. The molecule has 18 heavy (non-hydrogen) atoms. The van der Waals surface area contributed by atoms with E-state index in [2.05, 4.69) is 10.3 Å². The number of aromatic nitrogens is 1. The van der Waals surface area contributed by atoms with Gasteiger partial charge >= 0.3 is 4.87 Å². The first-order chi connectivity index (χ1) is 8.65. The summed E-state index contributed by atoms with van der Waals surface area (Å²) in [5, 5.41) is 15.4. The van der Waals surface area contributed by atoms with Gasteiger partial charge in [0.25, 0.3) is 5.69 Å². The fourth-order valence-corrected chi connectivity index (χ4v) is 2.06. The van der Waals surface area contributed by atoms with Crippen LogP contribution in [0.3, 0.4) is 0 Å². The Morgan fingerprint density at radius 3 is 2.56 bits per heavy atom. The van der Waals surface area contributed by atoms with E-state index in [1.165, 1.54) is 12.1 Å². The van der Waals surface area contributed by atoms with E-state index < -0.39 is 4.92 Å². The van der Waals surface area contributed by atoms with Gasteiger partial charge in [-0.2, -0.15) is 0 Å². The predicted octanol–water partition coefficient (Wildman–Crippen LogP) is 1.63. The summed E-state index contributed by atoms with van der Waals surface area (Å²) in [6, 6.07) is 6.37. The van der Waals surface area contributed by atoms with Crippen molar-refractivity contribution in [2.45, 2.75) is 13.1 Å². The molecule has 0 saturated heterocycles. The van der Waals surface area contributed by atoms with Gasteiger partial charge in [-0.1, -0.05) is 23.5 Å². The summed E-state index contributed by atoms with van der Waals surface area (Å²) in [7, 11) is 0. The molecule has 94 valence electrons. The summed E-state index contributed by atoms with van der Waals surface area (Å²) < 4.78 is 0. The molecule has 2 aromatic rings. The average molecular weight is 265 g/mol. The van der Waals surface area contributed by atoms with Gasteiger partial charge in [-0.15, -0.1) is 0 Å². The summed E-state index contributed by atoms with van der Waals surface area (Å²) in [4.78, 5) is 23.6. The number of nitrogens with zero attached hydrogens (tertiary/aromatic N) is 1. The Labute approximate surface area is 106 Å². The number of thiazole rings is 1. The van der Waals surface area contributed by atoms with Crippen molar-refractivity contribution < 1.29 is 4.92 Å². The van der Waals surface area contributed by atoms with Crippen molar-refractivity contribution in [3.05, 3.63) is 60.7 Å². The topological polar surface area (TPSA) is 88.0 Å².